The van der Waals surface area contributed by atoms with Crippen molar-refractivity contribution in [1.82, 2.24) is 0 Å². The van der Waals surface area contributed by atoms with Crippen LogP contribution in [0.15, 0.2) is 36.9 Å². The molecular weight excluding hydrogens is 249 g/mol. The van der Waals surface area contributed by atoms with Crippen LogP contribution < -0.4 is 4.74 Å². The maximum absolute atomic E-state index is 11.7. The Morgan fingerprint density at radius 2 is 2.05 bits per heavy atom. The van der Waals surface area contributed by atoms with Gasteiger partial charge >= 0.3 is 0 Å². The van der Waals surface area contributed by atoms with Crippen molar-refractivity contribution in [1.29, 1.82) is 5.26 Å². The summed E-state index contributed by atoms with van der Waals surface area (Å²) >= 11 is 0. The standard InChI is InChI=1S/C16H18BNO2/c1-2-3-16(19)13-4-6-14(7-5-13)20-15-8-10-17(12-18)11-9-15/h2,4-7,15H,1,3,8-11H2. The molecule has 1 heterocycles. The van der Waals surface area contributed by atoms with Gasteiger partial charge in [0.2, 0.25) is 0 Å². The molecule has 0 saturated carbocycles. The molecule has 1 aliphatic heterocycles. The number of carbonyl (C=O) groups excluding carboxylic acids is 1. The fourth-order valence-electron chi connectivity index (χ4n) is 2.47. The third-order valence-electron chi connectivity index (χ3n) is 3.67. The highest BCUT2D eigenvalue weighted by molar-refractivity contribution is 6.67. The second-order valence-electron chi connectivity index (χ2n) is 5.16. The lowest BCUT2D eigenvalue weighted by atomic mass is 9.42. The Bertz CT molecular complexity index is 510. The lowest BCUT2D eigenvalue weighted by Gasteiger charge is -2.24. The molecule has 1 saturated heterocycles. The van der Waals surface area contributed by atoms with E-state index in [1.807, 2.05) is 12.1 Å². The van der Waals surface area contributed by atoms with Crippen LogP contribution in [0.3, 0.4) is 0 Å². The van der Waals surface area contributed by atoms with Crippen molar-refractivity contribution in [2.24, 2.45) is 0 Å². The normalized spacial score (nSPS) is 15.4. The summed E-state index contributed by atoms with van der Waals surface area (Å²) in [4.78, 5) is 11.7. The van der Waals surface area contributed by atoms with E-state index in [4.69, 9.17) is 10.00 Å². The number of hydrogen-bond donors (Lipinski definition) is 0. The molecule has 102 valence electrons. The average Bonchev–Trinajstić information content (AvgIpc) is 2.49. The summed E-state index contributed by atoms with van der Waals surface area (Å²) in [6.07, 6.45) is 5.84. The molecule has 0 aromatic heterocycles. The van der Waals surface area contributed by atoms with Crippen LogP contribution in [-0.4, -0.2) is 18.6 Å². The molecule has 0 spiro atoms. The molecule has 2 rings (SSSR count). The summed E-state index contributed by atoms with van der Waals surface area (Å²) in [6.45, 7) is 3.75. The van der Waals surface area contributed by atoms with Gasteiger partial charge in [0.15, 0.2) is 5.78 Å². The SMILES string of the molecule is C=CCC(=O)c1ccc(OC2CCB(C#N)CC2)cc1. The molecule has 3 nitrogen and oxygen atoms in total. The highest BCUT2D eigenvalue weighted by atomic mass is 16.5. The predicted octanol–water partition coefficient (Wildman–Crippen LogP) is 3.54. The van der Waals surface area contributed by atoms with Crippen LogP contribution >= 0.6 is 0 Å². The fourth-order valence-corrected chi connectivity index (χ4v) is 2.47. The first kappa shape index (κ1) is 14.4. The maximum atomic E-state index is 11.7. The number of ether oxygens (including phenoxy) is 1. The van der Waals surface area contributed by atoms with Gasteiger partial charge in [-0.15, -0.1) is 6.58 Å². The van der Waals surface area contributed by atoms with Crippen LogP contribution in [-0.2, 0) is 0 Å². The molecule has 20 heavy (non-hydrogen) atoms. The van der Waals surface area contributed by atoms with Gasteiger partial charge in [0.25, 0.3) is 6.71 Å². The Hall–Kier alpha value is -2.02. The van der Waals surface area contributed by atoms with E-state index >= 15 is 0 Å². The number of Topliss-reactive ketones (excluding diaryl/α,β-unsaturated/α-hetero) is 1. The van der Waals surface area contributed by atoms with E-state index in [1.54, 1.807) is 18.2 Å². The van der Waals surface area contributed by atoms with Crippen LogP contribution in [0.25, 0.3) is 0 Å². The summed E-state index contributed by atoms with van der Waals surface area (Å²) in [7, 11) is 0. The van der Waals surface area contributed by atoms with Crippen molar-refractivity contribution in [2.75, 3.05) is 0 Å². The molecule has 0 N–H and O–H groups in total. The third-order valence-corrected chi connectivity index (χ3v) is 3.67. The minimum absolute atomic E-state index is 0.0704. The van der Waals surface area contributed by atoms with Crippen molar-refractivity contribution in [2.45, 2.75) is 38.0 Å². The first-order valence-electron chi connectivity index (χ1n) is 7.03. The molecule has 1 aromatic carbocycles. The summed E-state index contributed by atoms with van der Waals surface area (Å²) in [6, 6.07) is 7.27. The first-order valence-corrected chi connectivity index (χ1v) is 7.03. The van der Waals surface area contributed by atoms with Gasteiger partial charge in [0.05, 0.1) is 6.10 Å². The topological polar surface area (TPSA) is 50.1 Å². The quantitative estimate of drug-likeness (QED) is 0.465. The van der Waals surface area contributed by atoms with E-state index in [-0.39, 0.29) is 18.6 Å². The van der Waals surface area contributed by atoms with Crippen molar-refractivity contribution in [3.63, 3.8) is 0 Å². The van der Waals surface area contributed by atoms with Gasteiger partial charge in [-0.1, -0.05) is 18.7 Å². The molecule has 1 fully saturated rings. The Kier molecular flexibility index (Phi) is 5.00. The first-order chi connectivity index (χ1) is 9.72. The van der Waals surface area contributed by atoms with E-state index in [2.05, 4.69) is 12.5 Å². The number of rotatable bonds is 5. The molecule has 0 bridgehead atoms. The summed E-state index contributed by atoms with van der Waals surface area (Å²) in [5.74, 6) is 3.18. The van der Waals surface area contributed by atoms with Gasteiger partial charge in [-0.2, -0.15) is 0 Å². The lowest BCUT2D eigenvalue weighted by molar-refractivity contribution is 0.0996. The minimum Gasteiger partial charge on any atom is -0.490 e. The van der Waals surface area contributed by atoms with Crippen molar-refractivity contribution in [3.8, 4) is 11.7 Å². The zero-order valence-corrected chi connectivity index (χ0v) is 11.5. The smallest absolute Gasteiger partial charge is 0.268 e. The molecule has 0 atom stereocenters. The summed E-state index contributed by atoms with van der Waals surface area (Å²) in [5, 5.41) is 8.86. The van der Waals surface area contributed by atoms with Crippen molar-refractivity contribution in [3.05, 3.63) is 42.5 Å². The van der Waals surface area contributed by atoms with Crippen LogP contribution in [0, 0.1) is 11.2 Å². The molecule has 0 unspecified atom stereocenters. The number of nitriles is 1. The molecule has 0 amide bonds. The highest BCUT2D eigenvalue weighted by Crippen LogP contribution is 2.24. The van der Waals surface area contributed by atoms with Gasteiger partial charge in [-0.25, -0.2) is 5.26 Å². The Morgan fingerprint density at radius 3 is 2.60 bits per heavy atom. The van der Waals surface area contributed by atoms with Crippen LogP contribution in [0.5, 0.6) is 5.75 Å². The van der Waals surface area contributed by atoms with Crippen LogP contribution in [0.2, 0.25) is 12.6 Å². The Morgan fingerprint density at radius 1 is 1.40 bits per heavy atom. The zero-order chi connectivity index (χ0) is 14.4. The molecule has 0 aliphatic carbocycles. The number of hydrogen-bond acceptors (Lipinski definition) is 3. The maximum Gasteiger partial charge on any atom is 0.268 e. The van der Waals surface area contributed by atoms with Gasteiger partial charge in [-0.3, -0.25) is 4.79 Å². The number of carbonyl (C=O) groups is 1. The van der Waals surface area contributed by atoms with Crippen LogP contribution in [0.1, 0.15) is 29.6 Å². The third kappa shape index (κ3) is 3.74. The van der Waals surface area contributed by atoms with Crippen molar-refractivity contribution >= 4 is 12.5 Å². The van der Waals surface area contributed by atoms with Gasteiger partial charge in [0, 0.05) is 18.0 Å². The summed E-state index contributed by atoms with van der Waals surface area (Å²) < 4.78 is 5.90. The van der Waals surface area contributed by atoms with E-state index in [0.717, 1.165) is 31.2 Å². The highest BCUT2D eigenvalue weighted by Gasteiger charge is 2.25. The van der Waals surface area contributed by atoms with Gasteiger partial charge in [-0.05, 0) is 37.1 Å². The molecule has 1 aromatic rings. The number of allylic oxidation sites excluding steroid dienone is 1. The van der Waals surface area contributed by atoms with Gasteiger partial charge < -0.3 is 4.74 Å². The van der Waals surface area contributed by atoms with E-state index in [9.17, 15) is 4.79 Å². The number of benzene rings is 1. The molecule has 4 heteroatoms. The molecule has 0 radical (unpaired) electrons. The second-order valence-corrected chi connectivity index (χ2v) is 5.16. The largest absolute Gasteiger partial charge is 0.490 e. The molecular formula is C16H18BNO2. The Balaban J connectivity index is 1.90. The van der Waals surface area contributed by atoms with Gasteiger partial charge in [0.1, 0.15) is 5.75 Å². The molecule has 1 aliphatic rings. The zero-order valence-electron chi connectivity index (χ0n) is 11.5. The number of ketones is 1. The summed E-state index contributed by atoms with van der Waals surface area (Å²) in [5.41, 5.74) is 0.686. The van der Waals surface area contributed by atoms with E-state index < -0.39 is 0 Å². The van der Waals surface area contributed by atoms with E-state index in [0.29, 0.717) is 12.0 Å². The van der Waals surface area contributed by atoms with Crippen molar-refractivity contribution < 1.29 is 9.53 Å². The minimum atomic E-state index is 0.0704. The number of nitrogens with zero attached hydrogens (tertiary/aromatic N) is 1. The average molecular weight is 267 g/mol. The van der Waals surface area contributed by atoms with E-state index in [1.165, 1.54) is 0 Å². The monoisotopic (exact) mass is 267 g/mol. The fraction of sp³-hybridized carbons (Fsp3) is 0.375. The Labute approximate surface area is 120 Å². The lowest BCUT2D eigenvalue weighted by Crippen LogP contribution is -2.27. The van der Waals surface area contributed by atoms with Crippen LogP contribution in [0.4, 0.5) is 0 Å². The predicted molar refractivity (Wildman–Crippen MR) is 80.2 cm³/mol. The second kappa shape index (κ2) is 6.95.